The van der Waals surface area contributed by atoms with Crippen molar-refractivity contribution in [2.45, 2.75) is 32.7 Å². The average molecular weight is 338 g/mol. The molecule has 1 saturated heterocycles. The van der Waals surface area contributed by atoms with Gasteiger partial charge in [0.25, 0.3) is 5.91 Å². The predicted molar refractivity (Wildman–Crippen MR) is 101 cm³/mol. The molecule has 0 aromatic heterocycles. The maximum absolute atomic E-state index is 12.4. The molecule has 0 atom stereocenters. The van der Waals surface area contributed by atoms with Gasteiger partial charge >= 0.3 is 0 Å². The normalized spacial score (nSPS) is 14.2. The molecule has 2 aromatic carbocycles. The van der Waals surface area contributed by atoms with Crippen LogP contribution in [0.25, 0.3) is 0 Å². The zero-order chi connectivity index (χ0) is 17.5. The molecule has 1 amide bonds. The molecule has 3 rings (SSSR count). The highest BCUT2D eigenvalue weighted by Gasteiger charge is 2.12. The second kappa shape index (κ2) is 8.56. The van der Waals surface area contributed by atoms with Gasteiger partial charge in [0.05, 0.1) is 6.61 Å². The number of rotatable bonds is 6. The van der Waals surface area contributed by atoms with Gasteiger partial charge in [0.2, 0.25) is 0 Å². The highest BCUT2D eigenvalue weighted by molar-refractivity contribution is 5.94. The lowest BCUT2D eigenvalue weighted by Crippen LogP contribution is -2.29. The molecule has 0 radical (unpaired) electrons. The Hall–Kier alpha value is -2.49. The van der Waals surface area contributed by atoms with Gasteiger partial charge in [-0.3, -0.25) is 4.79 Å². The zero-order valence-corrected chi connectivity index (χ0v) is 14.8. The number of nitrogens with one attached hydrogen (secondary N) is 1. The molecule has 0 bridgehead atoms. The summed E-state index contributed by atoms with van der Waals surface area (Å²) in [6.07, 6.45) is 3.82. The van der Waals surface area contributed by atoms with Gasteiger partial charge in [-0.15, -0.1) is 0 Å². The Morgan fingerprint density at radius 3 is 2.48 bits per heavy atom. The minimum Gasteiger partial charge on any atom is -0.494 e. The van der Waals surface area contributed by atoms with Crippen molar-refractivity contribution in [3.05, 3.63) is 59.7 Å². The summed E-state index contributed by atoms with van der Waals surface area (Å²) in [6.45, 7) is 5.25. The Morgan fingerprint density at radius 2 is 1.76 bits per heavy atom. The van der Waals surface area contributed by atoms with Crippen molar-refractivity contribution in [3.63, 3.8) is 0 Å². The number of ether oxygens (including phenoxy) is 1. The molecule has 1 fully saturated rings. The molecule has 4 heteroatoms. The van der Waals surface area contributed by atoms with Crippen LogP contribution in [-0.4, -0.2) is 25.6 Å². The number of piperidine rings is 1. The first-order valence-corrected chi connectivity index (χ1v) is 9.12. The van der Waals surface area contributed by atoms with E-state index in [0.29, 0.717) is 18.7 Å². The van der Waals surface area contributed by atoms with E-state index in [9.17, 15) is 4.79 Å². The van der Waals surface area contributed by atoms with Crippen LogP contribution in [0.5, 0.6) is 5.75 Å². The van der Waals surface area contributed by atoms with Crippen LogP contribution in [0.4, 0.5) is 5.69 Å². The lowest BCUT2D eigenvalue weighted by atomic mass is 10.1. The number of hydrogen-bond donors (Lipinski definition) is 1. The van der Waals surface area contributed by atoms with Gasteiger partial charge in [-0.25, -0.2) is 0 Å². The molecule has 132 valence electrons. The molecule has 1 N–H and O–H groups in total. The van der Waals surface area contributed by atoms with Crippen molar-refractivity contribution in [2.75, 3.05) is 24.6 Å². The molecular weight excluding hydrogens is 312 g/mol. The summed E-state index contributed by atoms with van der Waals surface area (Å²) in [5, 5.41) is 2.98. The fourth-order valence-corrected chi connectivity index (χ4v) is 3.20. The first-order valence-electron chi connectivity index (χ1n) is 9.12. The van der Waals surface area contributed by atoms with E-state index in [0.717, 1.165) is 24.4 Å². The van der Waals surface area contributed by atoms with Crippen molar-refractivity contribution in [1.29, 1.82) is 0 Å². The quantitative estimate of drug-likeness (QED) is 0.865. The Labute approximate surface area is 149 Å². The van der Waals surface area contributed by atoms with Gasteiger partial charge in [0.1, 0.15) is 5.75 Å². The van der Waals surface area contributed by atoms with Crippen LogP contribution >= 0.6 is 0 Å². The Morgan fingerprint density at radius 1 is 1.04 bits per heavy atom. The third-order valence-corrected chi connectivity index (χ3v) is 4.56. The minimum absolute atomic E-state index is 0.0588. The first kappa shape index (κ1) is 17.3. The molecule has 1 aliphatic rings. The number of carbonyl (C=O) groups excluding carboxylic acids is 1. The molecule has 0 unspecified atom stereocenters. The monoisotopic (exact) mass is 338 g/mol. The van der Waals surface area contributed by atoms with E-state index in [1.807, 2.05) is 55.5 Å². The van der Waals surface area contributed by atoms with Crippen LogP contribution in [0.1, 0.15) is 42.1 Å². The van der Waals surface area contributed by atoms with E-state index in [2.05, 4.69) is 10.2 Å². The number of anilines is 1. The van der Waals surface area contributed by atoms with Gasteiger partial charge in [-0.1, -0.05) is 18.2 Å². The molecule has 4 nitrogen and oxygen atoms in total. The summed E-state index contributed by atoms with van der Waals surface area (Å²) in [4.78, 5) is 14.8. The van der Waals surface area contributed by atoms with E-state index in [4.69, 9.17) is 4.74 Å². The van der Waals surface area contributed by atoms with Crippen LogP contribution in [0.15, 0.2) is 48.5 Å². The summed E-state index contributed by atoms with van der Waals surface area (Å²) in [5.74, 6) is 0.766. The predicted octanol–water partition coefficient (Wildman–Crippen LogP) is 4.01. The highest BCUT2D eigenvalue weighted by atomic mass is 16.5. The molecule has 0 saturated carbocycles. The number of carbonyl (C=O) groups is 1. The Kier molecular flexibility index (Phi) is 5.94. The average Bonchev–Trinajstić information content (AvgIpc) is 2.68. The van der Waals surface area contributed by atoms with Gasteiger partial charge in [-0.05, 0) is 56.5 Å². The van der Waals surface area contributed by atoms with Gasteiger partial charge in [-0.2, -0.15) is 0 Å². The number of nitrogens with zero attached hydrogens (tertiary/aromatic N) is 1. The maximum Gasteiger partial charge on any atom is 0.251 e. The van der Waals surface area contributed by atoms with E-state index in [1.54, 1.807) is 0 Å². The van der Waals surface area contributed by atoms with E-state index in [-0.39, 0.29) is 5.91 Å². The fourth-order valence-electron chi connectivity index (χ4n) is 3.20. The second-order valence-electron chi connectivity index (χ2n) is 6.32. The van der Waals surface area contributed by atoms with Crippen LogP contribution in [0.3, 0.4) is 0 Å². The number of hydrogen-bond acceptors (Lipinski definition) is 3. The third kappa shape index (κ3) is 4.53. The number of amides is 1. The van der Waals surface area contributed by atoms with Crippen LogP contribution in [-0.2, 0) is 6.54 Å². The summed E-state index contributed by atoms with van der Waals surface area (Å²) in [5.41, 5.74) is 2.88. The third-order valence-electron chi connectivity index (χ3n) is 4.56. The lowest BCUT2D eigenvalue weighted by molar-refractivity contribution is 0.0950. The highest BCUT2D eigenvalue weighted by Crippen LogP contribution is 2.21. The van der Waals surface area contributed by atoms with Crippen molar-refractivity contribution < 1.29 is 9.53 Å². The van der Waals surface area contributed by atoms with E-state index < -0.39 is 0 Å². The standard InChI is InChI=1S/C21H26N2O2/c1-2-25-20-9-5-4-8-18(20)16-22-21(24)17-10-12-19(13-11-17)23-14-6-3-7-15-23/h4-5,8-13H,2-3,6-7,14-16H2,1H3,(H,22,24). The Bertz CT molecular complexity index is 691. The molecule has 1 heterocycles. The van der Waals surface area contributed by atoms with Crippen molar-refractivity contribution in [1.82, 2.24) is 5.32 Å². The minimum atomic E-state index is -0.0588. The largest absolute Gasteiger partial charge is 0.494 e. The van der Waals surface area contributed by atoms with Gasteiger partial charge in [0, 0.05) is 36.4 Å². The SMILES string of the molecule is CCOc1ccccc1CNC(=O)c1ccc(N2CCCCC2)cc1. The number of benzene rings is 2. The summed E-state index contributed by atoms with van der Waals surface area (Å²) in [6, 6.07) is 15.7. The van der Waals surface area contributed by atoms with Gasteiger partial charge in [0.15, 0.2) is 0 Å². The molecule has 0 aliphatic carbocycles. The van der Waals surface area contributed by atoms with Crippen LogP contribution in [0.2, 0.25) is 0 Å². The molecule has 0 spiro atoms. The molecular formula is C21H26N2O2. The Balaban J connectivity index is 1.60. The summed E-state index contributed by atoms with van der Waals surface area (Å²) >= 11 is 0. The molecule has 2 aromatic rings. The summed E-state index contributed by atoms with van der Waals surface area (Å²) in [7, 11) is 0. The van der Waals surface area contributed by atoms with Crippen molar-refractivity contribution in [2.24, 2.45) is 0 Å². The second-order valence-corrected chi connectivity index (χ2v) is 6.32. The lowest BCUT2D eigenvalue weighted by Gasteiger charge is -2.28. The smallest absolute Gasteiger partial charge is 0.251 e. The molecule has 25 heavy (non-hydrogen) atoms. The van der Waals surface area contributed by atoms with E-state index in [1.165, 1.54) is 24.9 Å². The summed E-state index contributed by atoms with van der Waals surface area (Å²) < 4.78 is 5.60. The fraction of sp³-hybridized carbons (Fsp3) is 0.381. The number of para-hydroxylation sites is 1. The van der Waals surface area contributed by atoms with Crippen molar-refractivity contribution >= 4 is 11.6 Å². The molecule has 1 aliphatic heterocycles. The first-order chi connectivity index (χ1) is 12.3. The topological polar surface area (TPSA) is 41.6 Å². The zero-order valence-electron chi connectivity index (χ0n) is 14.8. The van der Waals surface area contributed by atoms with Crippen LogP contribution in [0, 0.1) is 0 Å². The van der Waals surface area contributed by atoms with Crippen LogP contribution < -0.4 is 15.0 Å². The van der Waals surface area contributed by atoms with Gasteiger partial charge < -0.3 is 15.0 Å². The van der Waals surface area contributed by atoms with E-state index >= 15 is 0 Å². The van der Waals surface area contributed by atoms with Crippen molar-refractivity contribution in [3.8, 4) is 5.75 Å². The maximum atomic E-state index is 12.4.